The Labute approximate surface area is 99.3 Å². The van der Waals surface area contributed by atoms with Crippen LogP contribution in [-0.2, 0) is 6.42 Å². The van der Waals surface area contributed by atoms with Crippen LogP contribution < -0.4 is 4.74 Å². The van der Waals surface area contributed by atoms with Crippen molar-refractivity contribution < 1.29 is 9.66 Å². The molecule has 0 heterocycles. The van der Waals surface area contributed by atoms with E-state index in [0.29, 0.717) is 0 Å². The van der Waals surface area contributed by atoms with Crippen LogP contribution in [0.4, 0.5) is 5.69 Å². The van der Waals surface area contributed by atoms with E-state index < -0.39 is 4.92 Å². The third kappa shape index (κ3) is 3.38. The minimum absolute atomic E-state index is 0.00206. The number of hydrogen-bond donors (Lipinski definition) is 0. The van der Waals surface area contributed by atoms with Gasteiger partial charge < -0.3 is 4.74 Å². The molecule has 0 fully saturated rings. The molecule has 88 valence electrons. The molecule has 0 bridgehead atoms. The van der Waals surface area contributed by atoms with Crippen LogP contribution in [0.15, 0.2) is 18.2 Å². The summed E-state index contributed by atoms with van der Waals surface area (Å²) in [4.78, 5) is 10.3. The van der Waals surface area contributed by atoms with Crippen molar-refractivity contribution in [2.75, 3.05) is 7.11 Å². The lowest BCUT2D eigenvalue weighted by Crippen LogP contribution is -1.98. The van der Waals surface area contributed by atoms with E-state index in [1.165, 1.54) is 13.2 Å². The topological polar surface area (TPSA) is 52.4 Å². The number of halogens is 1. The smallest absolute Gasteiger partial charge is 0.311 e. The molecular formula is C11H14ClNO3. The van der Waals surface area contributed by atoms with Gasteiger partial charge >= 0.3 is 5.69 Å². The molecule has 1 aromatic carbocycles. The van der Waals surface area contributed by atoms with Gasteiger partial charge in [-0.2, -0.15) is 0 Å². The zero-order chi connectivity index (χ0) is 12.1. The summed E-state index contributed by atoms with van der Waals surface area (Å²) in [5.74, 6) is 0.285. The molecule has 5 heteroatoms. The van der Waals surface area contributed by atoms with E-state index in [2.05, 4.69) is 0 Å². The molecular weight excluding hydrogens is 230 g/mol. The Morgan fingerprint density at radius 2 is 2.25 bits per heavy atom. The molecule has 0 spiro atoms. The predicted molar refractivity (Wildman–Crippen MR) is 63.3 cm³/mol. The van der Waals surface area contributed by atoms with Gasteiger partial charge in [0, 0.05) is 11.4 Å². The highest BCUT2D eigenvalue weighted by atomic mass is 35.5. The van der Waals surface area contributed by atoms with Crippen molar-refractivity contribution >= 4 is 17.3 Å². The maximum Gasteiger partial charge on any atom is 0.311 e. The molecule has 0 N–H and O–H groups in total. The second kappa shape index (κ2) is 5.70. The lowest BCUT2D eigenvalue weighted by Gasteiger charge is -2.05. The van der Waals surface area contributed by atoms with Gasteiger partial charge in [-0.05, 0) is 31.4 Å². The molecule has 0 aliphatic rings. The van der Waals surface area contributed by atoms with Gasteiger partial charge in [-0.3, -0.25) is 10.1 Å². The van der Waals surface area contributed by atoms with E-state index in [0.717, 1.165) is 18.4 Å². The fraction of sp³-hybridized carbons (Fsp3) is 0.455. The first-order valence-electron chi connectivity index (χ1n) is 5.00. The second-order valence-electron chi connectivity index (χ2n) is 3.58. The largest absolute Gasteiger partial charge is 0.490 e. The Hall–Kier alpha value is -1.29. The Morgan fingerprint density at radius 3 is 2.75 bits per heavy atom. The van der Waals surface area contributed by atoms with E-state index >= 15 is 0 Å². The SMILES string of the molecule is COc1ccc(CCC(C)Cl)cc1[N+](=O)[O-]. The zero-order valence-corrected chi connectivity index (χ0v) is 10.0. The van der Waals surface area contributed by atoms with E-state index in [4.69, 9.17) is 16.3 Å². The van der Waals surface area contributed by atoms with E-state index in [9.17, 15) is 10.1 Å². The number of hydrogen-bond acceptors (Lipinski definition) is 3. The molecule has 0 saturated carbocycles. The minimum atomic E-state index is -0.438. The van der Waals surface area contributed by atoms with Crippen LogP contribution in [0.3, 0.4) is 0 Å². The summed E-state index contributed by atoms with van der Waals surface area (Å²) >= 11 is 5.83. The molecule has 0 radical (unpaired) electrons. The first kappa shape index (κ1) is 12.8. The van der Waals surface area contributed by atoms with Crippen LogP contribution in [0.5, 0.6) is 5.75 Å². The van der Waals surface area contributed by atoms with E-state index in [-0.39, 0.29) is 16.8 Å². The Morgan fingerprint density at radius 1 is 1.56 bits per heavy atom. The Kier molecular flexibility index (Phi) is 4.55. The second-order valence-corrected chi connectivity index (χ2v) is 4.33. The van der Waals surface area contributed by atoms with Crippen LogP contribution in [0, 0.1) is 10.1 Å². The molecule has 1 unspecified atom stereocenters. The molecule has 0 amide bonds. The first-order chi connectivity index (χ1) is 7.54. The summed E-state index contributed by atoms with van der Waals surface area (Å²) in [6.07, 6.45) is 1.53. The number of nitro groups is 1. The number of methoxy groups -OCH3 is 1. The Bertz CT molecular complexity index is 379. The summed E-state index contributed by atoms with van der Waals surface area (Å²) < 4.78 is 4.92. The fourth-order valence-corrected chi connectivity index (χ4v) is 1.51. The summed E-state index contributed by atoms with van der Waals surface area (Å²) in [6, 6.07) is 4.98. The van der Waals surface area contributed by atoms with Crippen LogP contribution in [-0.4, -0.2) is 17.4 Å². The number of aryl methyl sites for hydroxylation is 1. The molecule has 1 rings (SSSR count). The van der Waals surface area contributed by atoms with Crippen LogP contribution in [0.2, 0.25) is 0 Å². The summed E-state index contributed by atoms with van der Waals surface area (Å²) in [7, 11) is 1.42. The van der Waals surface area contributed by atoms with Crippen LogP contribution in [0.1, 0.15) is 18.9 Å². The number of alkyl halides is 1. The summed E-state index contributed by atoms with van der Waals surface area (Å²) in [5.41, 5.74) is 0.905. The van der Waals surface area contributed by atoms with Crippen LogP contribution in [0.25, 0.3) is 0 Å². The van der Waals surface area contributed by atoms with Gasteiger partial charge in [0.05, 0.1) is 12.0 Å². The average molecular weight is 244 g/mol. The number of benzene rings is 1. The van der Waals surface area contributed by atoms with Crippen molar-refractivity contribution in [1.29, 1.82) is 0 Å². The normalized spacial score (nSPS) is 12.2. The van der Waals surface area contributed by atoms with Gasteiger partial charge in [-0.25, -0.2) is 0 Å². The van der Waals surface area contributed by atoms with Crippen molar-refractivity contribution in [1.82, 2.24) is 0 Å². The highest BCUT2D eigenvalue weighted by molar-refractivity contribution is 6.20. The van der Waals surface area contributed by atoms with Crippen molar-refractivity contribution in [3.8, 4) is 5.75 Å². The lowest BCUT2D eigenvalue weighted by molar-refractivity contribution is -0.385. The quantitative estimate of drug-likeness (QED) is 0.453. The summed E-state index contributed by atoms with van der Waals surface area (Å²) in [6.45, 7) is 1.90. The number of nitrogens with zero attached hydrogens (tertiary/aromatic N) is 1. The molecule has 4 nitrogen and oxygen atoms in total. The average Bonchev–Trinajstić information content (AvgIpc) is 2.25. The molecule has 16 heavy (non-hydrogen) atoms. The van der Waals surface area contributed by atoms with Gasteiger partial charge in [0.2, 0.25) is 0 Å². The molecule has 1 atom stereocenters. The van der Waals surface area contributed by atoms with Gasteiger partial charge in [0.25, 0.3) is 0 Å². The highest BCUT2D eigenvalue weighted by Gasteiger charge is 2.15. The highest BCUT2D eigenvalue weighted by Crippen LogP contribution is 2.28. The molecule has 0 aliphatic carbocycles. The van der Waals surface area contributed by atoms with Crippen molar-refractivity contribution in [3.63, 3.8) is 0 Å². The van der Waals surface area contributed by atoms with Crippen molar-refractivity contribution in [3.05, 3.63) is 33.9 Å². The maximum absolute atomic E-state index is 10.8. The van der Waals surface area contributed by atoms with Crippen LogP contribution >= 0.6 is 11.6 Å². The number of rotatable bonds is 5. The number of ether oxygens (including phenoxy) is 1. The Balaban J connectivity index is 2.89. The zero-order valence-electron chi connectivity index (χ0n) is 9.27. The number of nitro benzene ring substituents is 1. The van der Waals surface area contributed by atoms with Gasteiger partial charge in [0.15, 0.2) is 5.75 Å². The van der Waals surface area contributed by atoms with Gasteiger partial charge in [-0.1, -0.05) is 6.07 Å². The van der Waals surface area contributed by atoms with Crippen molar-refractivity contribution in [2.45, 2.75) is 25.1 Å². The van der Waals surface area contributed by atoms with E-state index in [1.54, 1.807) is 6.07 Å². The first-order valence-corrected chi connectivity index (χ1v) is 5.43. The lowest BCUT2D eigenvalue weighted by atomic mass is 10.1. The third-order valence-electron chi connectivity index (χ3n) is 2.27. The predicted octanol–water partition coefficient (Wildman–Crippen LogP) is 3.16. The van der Waals surface area contributed by atoms with Gasteiger partial charge in [0.1, 0.15) is 0 Å². The monoisotopic (exact) mass is 243 g/mol. The maximum atomic E-state index is 10.8. The summed E-state index contributed by atoms with van der Waals surface area (Å²) in [5, 5.41) is 10.8. The molecule has 1 aromatic rings. The molecule has 0 saturated heterocycles. The van der Waals surface area contributed by atoms with Gasteiger partial charge in [-0.15, -0.1) is 11.6 Å². The fourth-order valence-electron chi connectivity index (χ4n) is 1.40. The van der Waals surface area contributed by atoms with E-state index in [1.807, 2.05) is 13.0 Å². The minimum Gasteiger partial charge on any atom is -0.490 e. The third-order valence-corrected chi connectivity index (χ3v) is 2.49. The molecule has 0 aliphatic heterocycles. The van der Waals surface area contributed by atoms with Crippen molar-refractivity contribution in [2.24, 2.45) is 0 Å². The standard InChI is InChI=1S/C11H14ClNO3/c1-8(12)3-4-9-5-6-11(16-2)10(7-9)13(14)15/h5-8H,3-4H2,1-2H3. The molecule has 0 aromatic heterocycles.